The van der Waals surface area contributed by atoms with Crippen molar-refractivity contribution in [3.05, 3.63) is 12.3 Å². The summed E-state index contributed by atoms with van der Waals surface area (Å²) in [5.41, 5.74) is 2.37. The predicted molar refractivity (Wildman–Crippen MR) is 78.2 cm³/mol. The fraction of sp³-hybridized carbons (Fsp3) is 0.857. The maximum Gasteiger partial charge on any atom is 0.163 e. The van der Waals surface area contributed by atoms with Crippen LogP contribution in [0.2, 0.25) is 16.6 Å². The first-order chi connectivity index (χ1) is 7.31. The second-order valence-electron chi connectivity index (χ2n) is 5.76. The normalized spacial score (nSPS) is 13.4. The van der Waals surface area contributed by atoms with Crippen LogP contribution in [0.5, 0.6) is 0 Å². The van der Waals surface area contributed by atoms with Crippen LogP contribution in [0.15, 0.2) is 12.3 Å². The lowest BCUT2D eigenvalue weighted by molar-refractivity contribution is 0.585. The van der Waals surface area contributed by atoms with Crippen LogP contribution in [0, 0.1) is 0 Å². The van der Waals surface area contributed by atoms with E-state index in [1.165, 1.54) is 0 Å². The topological polar surface area (TPSA) is 3.24 Å². The van der Waals surface area contributed by atoms with Gasteiger partial charge in [-0.25, -0.2) is 0 Å². The van der Waals surface area contributed by atoms with E-state index < -0.39 is 8.24 Å². The van der Waals surface area contributed by atoms with Crippen molar-refractivity contribution < 1.29 is 0 Å². The molecule has 0 saturated heterocycles. The molecular formula is C14H31NSi. The van der Waals surface area contributed by atoms with Crippen molar-refractivity contribution in [2.24, 2.45) is 0 Å². The number of allylic oxidation sites excluding steroid dienone is 1. The minimum Gasteiger partial charge on any atom is -0.405 e. The van der Waals surface area contributed by atoms with Crippen LogP contribution in [0.1, 0.15) is 54.9 Å². The molecule has 0 aliphatic heterocycles. The molecule has 0 aliphatic rings. The van der Waals surface area contributed by atoms with E-state index in [1.807, 2.05) is 0 Å². The van der Waals surface area contributed by atoms with Gasteiger partial charge < -0.3 is 4.57 Å². The van der Waals surface area contributed by atoms with Gasteiger partial charge in [-0.15, -0.1) is 0 Å². The van der Waals surface area contributed by atoms with Crippen molar-refractivity contribution in [1.82, 2.24) is 4.57 Å². The third-order valence-corrected chi connectivity index (χ3v) is 10.9. The molecule has 2 heteroatoms. The molecule has 0 rings (SSSR count). The molecule has 0 radical (unpaired) electrons. The van der Waals surface area contributed by atoms with Gasteiger partial charge >= 0.3 is 0 Å². The number of hydrogen-bond donors (Lipinski definition) is 0. The first kappa shape index (κ1) is 15.8. The molecule has 0 fully saturated rings. The summed E-state index contributed by atoms with van der Waals surface area (Å²) in [6.07, 6.45) is 5.74. The van der Waals surface area contributed by atoms with Gasteiger partial charge in [0.1, 0.15) is 0 Å². The Morgan fingerprint density at radius 1 is 0.938 bits per heavy atom. The van der Waals surface area contributed by atoms with E-state index >= 15 is 0 Å². The zero-order chi connectivity index (χ0) is 12.9. The second-order valence-corrected chi connectivity index (χ2v) is 11.7. The fourth-order valence-corrected chi connectivity index (χ4v) is 10.4. The van der Waals surface area contributed by atoms with Crippen molar-refractivity contribution in [1.29, 1.82) is 0 Å². The fourth-order valence-electron chi connectivity index (χ4n) is 3.61. The molecule has 0 aliphatic carbocycles. The summed E-state index contributed by atoms with van der Waals surface area (Å²) >= 11 is 0. The zero-order valence-electron chi connectivity index (χ0n) is 12.5. The molecule has 1 nitrogen and oxygen atoms in total. The van der Waals surface area contributed by atoms with E-state index in [9.17, 15) is 0 Å². The maximum absolute atomic E-state index is 2.58. The Balaban J connectivity index is 5.26. The first-order valence-electron chi connectivity index (χ1n) is 6.71. The van der Waals surface area contributed by atoms with Gasteiger partial charge in [0, 0.05) is 0 Å². The van der Waals surface area contributed by atoms with E-state index in [4.69, 9.17) is 0 Å². The minimum atomic E-state index is -1.42. The average molecular weight is 241 g/mol. The zero-order valence-corrected chi connectivity index (χ0v) is 13.5. The maximum atomic E-state index is 2.58. The standard InChI is InChI=1S/C14H31NSi/c1-9-10-11-15(8)16(12(2)3,13(4)5)14(6)7/h10-14H,9H2,1-8H3. The lowest BCUT2D eigenvalue weighted by Gasteiger charge is -2.49. The smallest absolute Gasteiger partial charge is 0.163 e. The van der Waals surface area contributed by atoms with Gasteiger partial charge in [0.2, 0.25) is 0 Å². The molecule has 16 heavy (non-hydrogen) atoms. The van der Waals surface area contributed by atoms with Crippen LogP contribution in [-0.2, 0) is 0 Å². The Labute approximate surface area is 104 Å². The van der Waals surface area contributed by atoms with Gasteiger partial charge in [0.25, 0.3) is 0 Å². The summed E-state index contributed by atoms with van der Waals surface area (Å²) in [5.74, 6) is 0. The van der Waals surface area contributed by atoms with Crippen LogP contribution in [-0.4, -0.2) is 19.8 Å². The van der Waals surface area contributed by atoms with Gasteiger partial charge in [-0.1, -0.05) is 54.5 Å². The molecule has 0 saturated carbocycles. The average Bonchev–Trinajstić information content (AvgIpc) is 2.13. The minimum absolute atomic E-state index is 0.791. The third kappa shape index (κ3) is 2.91. The van der Waals surface area contributed by atoms with E-state index in [1.54, 1.807) is 0 Å². The van der Waals surface area contributed by atoms with Crippen LogP contribution in [0.3, 0.4) is 0 Å². The Kier molecular flexibility index (Phi) is 6.38. The third-order valence-electron chi connectivity index (χ3n) is 3.95. The van der Waals surface area contributed by atoms with Crippen LogP contribution < -0.4 is 0 Å². The highest BCUT2D eigenvalue weighted by atomic mass is 28.3. The molecule has 0 aromatic rings. The largest absolute Gasteiger partial charge is 0.405 e. The summed E-state index contributed by atoms with van der Waals surface area (Å²) < 4.78 is 2.58. The molecule has 96 valence electrons. The van der Waals surface area contributed by atoms with Crippen molar-refractivity contribution >= 4 is 8.24 Å². The quantitative estimate of drug-likeness (QED) is 0.590. The highest BCUT2D eigenvalue weighted by Crippen LogP contribution is 2.43. The summed E-state index contributed by atoms with van der Waals surface area (Å²) in [7, 11) is 0.868. The van der Waals surface area contributed by atoms with Crippen molar-refractivity contribution in [2.75, 3.05) is 7.05 Å². The predicted octanol–water partition coefficient (Wildman–Crippen LogP) is 5.02. The Morgan fingerprint density at radius 2 is 1.31 bits per heavy atom. The molecule has 0 spiro atoms. The van der Waals surface area contributed by atoms with Gasteiger partial charge in [0.15, 0.2) is 8.24 Å². The van der Waals surface area contributed by atoms with E-state index in [0.29, 0.717) is 0 Å². The lowest BCUT2D eigenvalue weighted by Crippen LogP contribution is -2.56. The van der Waals surface area contributed by atoms with Gasteiger partial charge in [-0.3, -0.25) is 0 Å². The highest BCUT2D eigenvalue weighted by Gasteiger charge is 2.45. The number of nitrogens with zero attached hydrogens (tertiary/aromatic N) is 1. The molecule has 0 N–H and O–H groups in total. The van der Waals surface area contributed by atoms with E-state index in [2.05, 4.69) is 72.4 Å². The number of hydrogen-bond acceptors (Lipinski definition) is 1. The van der Waals surface area contributed by atoms with E-state index in [0.717, 1.165) is 23.0 Å². The molecule has 0 aromatic heterocycles. The summed E-state index contributed by atoms with van der Waals surface area (Å²) in [5, 5.41) is 0. The summed E-state index contributed by atoms with van der Waals surface area (Å²) in [6.45, 7) is 16.6. The molecule has 0 atom stereocenters. The summed E-state index contributed by atoms with van der Waals surface area (Å²) in [6, 6.07) is 0. The Morgan fingerprint density at radius 3 is 1.56 bits per heavy atom. The molecule has 0 unspecified atom stereocenters. The lowest BCUT2D eigenvalue weighted by atomic mass is 10.5. The molecule has 0 amide bonds. The first-order valence-corrected chi connectivity index (χ1v) is 8.89. The second kappa shape index (κ2) is 6.48. The summed E-state index contributed by atoms with van der Waals surface area (Å²) in [4.78, 5) is 0. The number of rotatable bonds is 6. The Bertz CT molecular complexity index is 197. The van der Waals surface area contributed by atoms with Crippen molar-refractivity contribution in [2.45, 2.75) is 71.5 Å². The van der Waals surface area contributed by atoms with Crippen LogP contribution in [0.4, 0.5) is 0 Å². The SMILES string of the molecule is CCC=CN(C)[Si](C(C)C)(C(C)C)C(C)C. The van der Waals surface area contributed by atoms with Crippen molar-refractivity contribution in [3.63, 3.8) is 0 Å². The van der Waals surface area contributed by atoms with Crippen LogP contribution in [0.25, 0.3) is 0 Å². The van der Waals surface area contributed by atoms with Crippen LogP contribution >= 0.6 is 0 Å². The Hall–Kier alpha value is -0.243. The highest BCUT2D eigenvalue weighted by molar-refractivity contribution is 6.81. The molecule has 0 bridgehead atoms. The van der Waals surface area contributed by atoms with Crippen molar-refractivity contribution in [3.8, 4) is 0 Å². The molecular weight excluding hydrogens is 210 g/mol. The van der Waals surface area contributed by atoms with Gasteiger partial charge in [-0.05, 0) is 36.3 Å². The van der Waals surface area contributed by atoms with E-state index in [-0.39, 0.29) is 0 Å². The molecule has 0 heterocycles. The monoisotopic (exact) mass is 241 g/mol. The van der Waals surface area contributed by atoms with Gasteiger partial charge in [0.05, 0.1) is 0 Å². The molecule has 0 aromatic carbocycles. The van der Waals surface area contributed by atoms with Gasteiger partial charge in [-0.2, -0.15) is 0 Å².